The fourth-order valence-corrected chi connectivity index (χ4v) is 7.49. The van der Waals surface area contributed by atoms with Gasteiger partial charge < -0.3 is 25.6 Å². The Bertz CT molecular complexity index is 1980. The molecule has 1 amide bonds. The van der Waals surface area contributed by atoms with Crippen molar-refractivity contribution in [3.05, 3.63) is 64.5 Å². The third-order valence-electron chi connectivity index (χ3n) is 10.5. The van der Waals surface area contributed by atoms with E-state index < -0.39 is 0 Å². The largest absolute Gasteiger partial charge is 0.463 e. The van der Waals surface area contributed by atoms with Crippen LogP contribution in [0.25, 0.3) is 22.8 Å². The minimum absolute atomic E-state index is 0.0242. The molecule has 2 aliphatic rings. The van der Waals surface area contributed by atoms with Crippen molar-refractivity contribution in [3.63, 3.8) is 0 Å². The van der Waals surface area contributed by atoms with E-state index in [9.17, 15) is 10.1 Å². The summed E-state index contributed by atoms with van der Waals surface area (Å²) in [5.74, 6) is 0.447. The molecule has 4 rings (SSSR count). The number of aromatic nitrogens is 2. The first-order chi connectivity index (χ1) is 27.3. The Morgan fingerprint density at radius 2 is 1.89 bits per heavy atom. The molecule has 1 aromatic heterocycles. The van der Waals surface area contributed by atoms with Crippen LogP contribution in [0.3, 0.4) is 0 Å². The van der Waals surface area contributed by atoms with Crippen molar-refractivity contribution in [1.29, 1.82) is 5.26 Å². The summed E-state index contributed by atoms with van der Waals surface area (Å²) in [7, 11) is 5.24. The molecule has 57 heavy (non-hydrogen) atoms. The molecular weight excluding hydrogens is 711 g/mol. The number of ether oxygens (including phenoxy) is 1. The summed E-state index contributed by atoms with van der Waals surface area (Å²) in [6, 6.07) is 8.74. The fraction of sp³-hybridized carbons (Fsp3) is 0.522. The van der Waals surface area contributed by atoms with Gasteiger partial charge in [-0.3, -0.25) is 14.8 Å². The van der Waals surface area contributed by atoms with Gasteiger partial charge in [0, 0.05) is 68.1 Å². The number of benzene rings is 1. The summed E-state index contributed by atoms with van der Waals surface area (Å²) in [6.07, 6.45) is 16.4. The molecule has 0 saturated carbocycles. The van der Waals surface area contributed by atoms with Crippen LogP contribution >= 0.6 is 0 Å². The SMILES string of the molecule is C/C=C1\C(=NC(C)C)C(c2cccc(NC)c2/C(C#N)=C\C)=Cc2nc(OCC(C)(CCCC)CCCCC)nc(N3CCCN=C(/C=C(\N)C(=O)N(C)C)C3)c21. The lowest BCUT2D eigenvalue weighted by Crippen LogP contribution is -2.33. The number of hydrogen-bond acceptors (Lipinski definition) is 10. The van der Waals surface area contributed by atoms with Crippen molar-refractivity contribution in [1.82, 2.24) is 14.9 Å². The molecule has 1 aliphatic heterocycles. The number of allylic oxidation sites excluding steroid dienone is 5. The second kappa shape index (κ2) is 20.8. The van der Waals surface area contributed by atoms with Crippen LogP contribution in [0.4, 0.5) is 11.5 Å². The molecule has 0 radical (unpaired) electrons. The number of unbranched alkanes of at least 4 members (excludes halogenated alkanes) is 3. The zero-order valence-corrected chi connectivity index (χ0v) is 36.1. The molecule has 306 valence electrons. The smallest absolute Gasteiger partial charge is 0.318 e. The number of likely N-dealkylation sites (N-methyl/N-ethyl adjacent to an activating group) is 1. The van der Waals surface area contributed by atoms with Crippen LogP contribution in [-0.2, 0) is 4.79 Å². The number of nitriles is 1. The van der Waals surface area contributed by atoms with Crippen LogP contribution in [0, 0.1) is 16.7 Å². The van der Waals surface area contributed by atoms with Gasteiger partial charge in [-0.05, 0) is 70.7 Å². The van der Waals surface area contributed by atoms with Crippen LogP contribution in [0.15, 0.2) is 52.1 Å². The molecule has 1 unspecified atom stereocenters. The molecule has 1 aliphatic carbocycles. The van der Waals surface area contributed by atoms with Crippen LogP contribution in [0.2, 0.25) is 0 Å². The van der Waals surface area contributed by atoms with Crippen LogP contribution in [0.5, 0.6) is 6.01 Å². The van der Waals surface area contributed by atoms with Gasteiger partial charge in [-0.2, -0.15) is 15.2 Å². The van der Waals surface area contributed by atoms with Gasteiger partial charge in [0.1, 0.15) is 5.82 Å². The Kier molecular flexibility index (Phi) is 16.2. The molecule has 3 N–H and O–H groups in total. The molecule has 2 heterocycles. The van der Waals surface area contributed by atoms with Gasteiger partial charge in [0.2, 0.25) is 0 Å². The van der Waals surface area contributed by atoms with Crippen molar-refractivity contribution in [2.75, 3.05) is 57.6 Å². The Labute approximate surface area is 341 Å². The number of rotatable bonds is 17. The molecule has 11 nitrogen and oxygen atoms in total. The number of hydrogen-bond donors (Lipinski definition) is 2. The number of nitrogens with two attached hydrogens (primary N) is 1. The van der Waals surface area contributed by atoms with Gasteiger partial charge in [0.05, 0.1) is 53.2 Å². The maximum absolute atomic E-state index is 12.8. The third kappa shape index (κ3) is 11.0. The molecule has 11 heteroatoms. The highest BCUT2D eigenvalue weighted by atomic mass is 16.5. The molecule has 0 bridgehead atoms. The second-order valence-electron chi connectivity index (χ2n) is 15.8. The Balaban J connectivity index is 2.02. The fourth-order valence-electron chi connectivity index (χ4n) is 7.49. The molecular formula is C46H65N9O2. The Morgan fingerprint density at radius 1 is 1.16 bits per heavy atom. The minimum Gasteiger partial charge on any atom is -0.463 e. The lowest BCUT2D eigenvalue weighted by Gasteiger charge is -2.32. The van der Waals surface area contributed by atoms with Gasteiger partial charge in [0.25, 0.3) is 5.91 Å². The summed E-state index contributed by atoms with van der Waals surface area (Å²) in [5, 5.41) is 13.6. The number of nitrogens with zero attached hydrogens (tertiary/aromatic N) is 7. The maximum Gasteiger partial charge on any atom is 0.318 e. The van der Waals surface area contributed by atoms with Gasteiger partial charge in [-0.25, -0.2) is 0 Å². The van der Waals surface area contributed by atoms with E-state index in [2.05, 4.69) is 69.1 Å². The number of aliphatic imine (C=N–C) groups is 2. The molecule has 2 aromatic rings. The van der Waals surface area contributed by atoms with Crippen LogP contribution in [0.1, 0.15) is 122 Å². The van der Waals surface area contributed by atoms with E-state index in [0.29, 0.717) is 55.0 Å². The molecule has 0 saturated heterocycles. The summed E-state index contributed by atoms with van der Waals surface area (Å²) in [4.78, 5) is 37.0. The first kappa shape index (κ1) is 44.5. The first-order valence-corrected chi connectivity index (χ1v) is 20.7. The van der Waals surface area contributed by atoms with Crippen molar-refractivity contribution in [2.24, 2.45) is 21.1 Å². The predicted octanol–water partition coefficient (Wildman–Crippen LogP) is 8.99. The second-order valence-corrected chi connectivity index (χ2v) is 15.8. The van der Waals surface area contributed by atoms with Crippen LogP contribution < -0.4 is 20.7 Å². The van der Waals surface area contributed by atoms with E-state index in [1.54, 1.807) is 20.2 Å². The molecule has 0 spiro atoms. The monoisotopic (exact) mass is 776 g/mol. The first-order valence-electron chi connectivity index (χ1n) is 20.7. The summed E-state index contributed by atoms with van der Waals surface area (Å²) in [5.41, 5.74) is 14.3. The Morgan fingerprint density at radius 3 is 2.53 bits per heavy atom. The minimum atomic E-state index is -0.267. The highest BCUT2D eigenvalue weighted by molar-refractivity contribution is 6.50. The van der Waals surface area contributed by atoms with E-state index in [4.69, 9.17) is 30.4 Å². The Hall–Kier alpha value is -5.24. The number of nitrogens with one attached hydrogen (secondary N) is 1. The van der Waals surface area contributed by atoms with E-state index in [-0.39, 0.29) is 23.1 Å². The molecule has 0 fully saturated rings. The predicted molar refractivity (Wildman–Crippen MR) is 239 cm³/mol. The zero-order valence-electron chi connectivity index (χ0n) is 36.1. The lowest BCUT2D eigenvalue weighted by molar-refractivity contribution is -0.124. The summed E-state index contributed by atoms with van der Waals surface area (Å²) < 4.78 is 6.71. The summed E-state index contributed by atoms with van der Waals surface area (Å²) >= 11 is 0. The van der Waals surface area contributed by atoms with Gasteiger partial charge in [-0.1, -0.05) is 77.2 Å². The number of fused-ring (bicyclic) bond motifs is 1. The number of carbonyl (C=O) groups is 1. The number of carbonyl (C=O) groups excluding carboxylic acids is 1. The van der Waals surface area contributed by atoms with Gasteiger partial charge in [0.15, 0.2) is 0 Å². The third-order valence-corrected chi connectivity index (χ3v) is 10.5. The van der Waals surface area contributed by atoms with Crippen molar-refractivity contribution in [2.45, 2.75) is 106 Å². The highest BCUT2D eigenvalue weighted by Gasteiger charge is 2.33. The van der Waals surface area contributed by atoms with E-state index in [1.165, 1.54) is 17.7 Å². The van der Waals surface area contributed by atoms with Crippen molar-refractivity contribution >= 4 is 51.6 Å². The molecule has 1 atom stereocenters. The quantitative estimate of drug-likeness (QED) is 0.0921. The van der Waals surface area contributed by atoms with Crippen LogP contribution in [-0.4, -0.2) is 85.6 Å². The standard InChI is InChI=1S/C46H65N9O2/c1-11-15-17-23-46(7,22-16-12-2)30-57-45-52-39-27-36(35-20-18-21-38(49-8)40(35)32(13-3)28-47)42(51-31(5)6)34(14-4)41(39)43(53-45)55-25-19-24-50-33(29-55)26-37(48)44(56)54(9)10/h13-14,18,20-21,26-27,31,49H,11-12,15-17,19,22-25,29-30,48H2,1-10H3/b32-13-,34-14-,37-26-,51-42?. The average molecular weight is 776 g/mol. The molecule has 1 aromatic carbocycles. The zero-order chi connectivity index (χ0) is 41.7. The van der Waals surface area contributed by atoms with Gasteiger partial charge >= 0.3 is 6.01 Å². The maximum atomic E-state index is 12.8. The number of anilines is 2. The van der Waals surface area contributed by atoms with E-state index in [0.717, 1.165) is 77.8 Å². The van der Waals surface area contributed by atoms with Crippen molar-refractivity contribution < 1.29 is 9.53 Å². The topological polar surface area (TPSA) is 145 Å². The van der Waals surface area contributed by atoms with E-state index in [1.807, 2.05) is 39.1 Å². The highest BCUT2D eigenvalue weighted by Crippen LogP contribution is 2.44. The van der Waals surface area contributed by atoms with E-state index >= 15 is 0 Å². The number of amides is 1. The van der Waals surface area contributed by atoms with Crippen molar-refractivity contribution in [3.8, 4) is 12.1 Å². The summed E-state index contributed by atoms with van der Waals surface area (Å²) in [6.45, 7) is 17.0. The average Bonchev–Trinajstić information content (AvgIpc) is 3.44. The van der Waals surface area contributed by atoms with Gasteiger partial charge in [-0.15, -0.1) is 0 Å². The lowest BCUT2D eigenvalue weighted by atomic mass is 9.81. The normalized spacial score (nSPS) is 17.4.